The molecule has 0 saturated carbocycles. The predicted octanol–water partition coefficient (Wildman–Crippen LogP) is 3.24. The van der Waals surface area contributed by atoms with Crippen LogP contribution in [-0.4, -0.2) is 22.6 Å². The van der Waals surface area contributed by atoms with Crippen molar-refractivity contribution in [2.24, 2.45) is 0 Å². The van der Waals surface area contributed by atoms with Crippen LogP contribution in [0.1, 0.15) is 30.6 Å². The highest BCUT2D eigenvalue weighted by molar-refractivity contribution is 5.32. The molecule has 0 amide bonds. The molecular formula is C18H22N2O3. The van der Waals surface area contributed by atoms with E-state index in [9.17, 15) is 15.2 Å². The summed E-state index contributed by atoms with van der Waals surface area (Å²) in [6.45, 7) is 2.58. The van der Waals surface area contributed by atoms with Crippen LogP contribution in [0.4, 0.5) is 5.69 Å². The number of nitrogens with zero attached hydrogens (tertiary/aromatic N) is 1. The van der Waals surface area contributed by atoms with Crippen molar-refractivity contribution >= 4 is 5.69 Å². The number of hydrogen-bond donors (Lipinski definition) is 2. The first kappa shape index (κ1) is 17.1. The second-order valence-corrected chi connectivity index (χ2v) is 5.70. The first-order valence-electron chi connectivity index (χ1n) is 7.76. The van der Waals surface area contributed by atoms with Crippen LogP contribution in [0.3, 0.4) is 0 Å². The van der Waals surface area contributed by atoms with Gasteiger partial charge in [-0.05, 0) is 30.9 Å². The Labute approximate surface area is 136 Å². The Balaban J connectivity index is 1.74. The number of hydrogen-bond acceptors (Lipinski definition) is 4. The van der Waals surface area contributed by atoms with Crippen LogP contribution in [0, 0.1) is 10.1 Å². The highest BCUT2D eigenvalue weighted by Crippen LogP contribution is 2.14. The third kappa shape index (κ3) is 5.47. The van der Waals surface area contributed by atoms with E-state index in [1.165, 1.54) is 12.1 Å². The van der Waals surface area contributed by atoms with Crippen molar-refractivity contribution in [1.29, 1.82) is 0 Å². The van der Waals surface area contributed by atoms with E-state index in [-0.39, 0.29) is 16.7 Å². The Hall–Kier alpha value is -2.24. The second-order valence-electron chi connectivity index (χ2n) is 5.70. The zero-order valence-electron chi connectivity index (χ0n) is 13.2. The molecule has 2 rings (SSSR count). The number of nitrogens with one attached hydrogen (secondary N) is 1. The zero-order valence-corrected chi connectivity index (χ0v) is 13.2. The van der Waals surface area contributed by atoms with Gasteiger partial charge in [0.1, 0.15) is 0 Å². The molecule has 0 aliphatic rings. The monoisotopic (exact) mass is 314 g/mol. The van der Waals surface area contributed by atoms with Crippen molar-refractivity contribution < 1.29 is 10.0 Å². The molecule has 0 aliphatic heterocycles. The molecule has 5 heteroatoms. The van der Waals surface area contributed by atoms with Crippen LogP contribution < -0.4 is 5.32 Å². The van der Waals surface area contributed by atoms with Gasteiger partial charge in [0, 0.05) is 24.7 Å². The molecule has 2 N–H and O–H groups in total. The average Bonchev–Trinajstić information content (AvgIpc) is 2.59. The molecule has 2 atom stereocenters. The zero-order chi connectivity index (χ0) is 16.7. The number of aliphatic hydroxyl groups excluding tert-OH is 1. The van der Waals surface area contributed by atoms with Gasteiger partial charge in [-0.25, -0.2) is 0 Å². The van der Waals surface area contributed by atoms with E-state index < -0.39 is 6.10 Å². The maximum Gasteiger partial charge on any atom is 0.269 e. The lowest BCUT2D eigenvalue weighted by Gasteiger charge is -2.17. The topological polar surface area (TPSA) is 75.4 Å². The minimum Gasteiger partial charge on any atom is -0.387 e. The fraction of sp³-hybridized carbons (Fsp3) is 0.333. The first-order chi connectivity index (χ1) is 11.1. The van der Waals surface area contributed by atoms with Crippen molar-refractivity contribution in [3.8, 4) is 0 Å². The summed E-state index contributed by atoms with van der Waals surface area (Å²) in [4.78, 5) is 10.2. The van der Waals surface area contributed by atoms with Crippen molar-refractivity contribution in [1.82, 2.24) is 5.32 Å². The van der Waals surface area contributed by atoms with Gasteiger partial charge >= 0.3 is 0 Å². The largest absolute Gasteiger partial charge is 0.387 e. The van der Waals surface area contributed by atoms with E-state index in [1.54, 1.807) is 12.1 Å². The highest BCUT2D eigenvalue weighted by Gasteiger charge is 2.09. The van der Waals surface area contributed by atoms with Gasteiger partial charge in [0.2, 0.25) is 0 Å². The van der Waals surface area contributed by atoms with Gasteiger partial charge in [0.15, 0.2) is 0 Å². The Bertz CT molecular complexity index is 614. The van der Waals surface area contributed by atoms with E-state index in [2.05, 4.69) is 12.2 Å². The summed E-state index contributed by atoms with van der Waals surface area (Å²) in [6.07, 6.45) is 1.23. The molecule has 0 fully saturated rings. The summed E-state index contributed by atoms with van der Waals surface area (Å²) in [5.74, 6) is 0. The van der Waals surface area contributed by atoms with Crippen LogP contribution >= 0.6 is 0 Å². The Kier molecular flexibility index (Phi) is 6.26. The SMILES string of the molecule is CC(CCc1ccc([N+](=O)[O-])cc1)NCC(O)c1ccccc1. The average molecular weight is 314 g/mol. The maximum atomic E-state index is 10.6. The molecule has 0 heterocycles. The van der Waals surface area contributed by atoms with E-state index in [1.807, 2.05) is 30.3 Å². The summed E-state index contributed by atoms with van der Waals surface area (Å²) in [5.41, 5.74) is 2.10. The molecule has 23 heavy (non-hydrogen) atoms. The number of non-ortho nitro benzene ring substituents is 1. The van der Waals surface area contributed by atoms with Gasteiger partial charge in [-0.1, -0.05) is 42.5 Å². The van der Waals surface area contributed by atoms with Crippen LogP contribution in [0.25, 0.3) is 0 Å². The van der Waals surface area contributed by atoms with Gasteiger partial charge in [-0.3, -0.25) is 10.1 Å². The van der Waals surface area contributed by atoms with E-state index in [0.717, 1.165) is 24.0 Å². The Morgan fingerprint density at radius 1 is 1.13 bits per heavy atom. The van der Waals surface area contributed by atoms with Crippen molar-refractivity contribution in [2.45, 2.75) is 31.9 Å². The normalized spacial score (nSPS) is 13.5. The fourth-order valence-electron chi connectivity index (χ4n) is 2.38. The summed E-state index contributed by atoms with van der Waals surface area (Å²) in [5, 5.41) is 24.0. The number of nitro groups is 1. The maximum absolute atomic E-state index is 10.6. The molecular weight excluding hydrogens is 292 g/mol. The molecule has 0 bridgehead atoms. The van der Waals surface area contributed by atoms with E-state index >= 15 is 0 Å². The lowest BCUT2D eigenvalue weighted by Crippen LogP contribution is -2.30. The quantitative estimate of drug-likeness (QED) is 0.579. The number of rotatable bonds is 8. The third-order valence-corrected chi connectivity index (χ3v) is 3.86. The van der Waals surface area contributed by atoms with Gasteiger partial charge in [-0.2, -0.15) is 0 Å². The molecule has 122 valence electrons. The van der Waals surface area contributed by atoms with Crippen molar-refractivity contribution in [3.05, 3.63) is 75.8 Å². The van der Waals surface area contributed by atoms with Gasteiger partial charge < -0.3 is 10.4 Å². The van der Waals surface area contributed by atoms with Crippen LogP contribution in [0.5, 0.6) is 0 Å². The van der Waals surface area contributed by atoms with Crippen molar-refractivity contribution in [2.75, 3.05) is 6.54 Å². The summed E-state index contributed by atoms with van der Waals surface area (Å²) in [7, 11) is 0. The number of benzene rings is 2. The van der Waals surface area contributed by atoms with Gasteiger partial charge in [0.05, 0.1) is 11.0 Å². The Morgan fingerprint density at radius 2 is 1.78 bits per heavy atom. The van der Waals surface area contributed by atoms with Crippen LogP contribution in [-0.2, 0) is 6.42 Å². The molecule has 0 saturated heterocycles. The lowest BCUT2D eigenvalue weighted by molar-refractivity contribution is -0.384. The molecule has 0 spiro atoms. The molecule has 2 aromatic carbocycles. The summed E-state index contributed by atoms with van der Waals surface area (Å²) < 4.78 is 0. The molecule has 5 nitrogen and oxygen atoms in total. The fourth-order valence-corrected chi connectivity index (χ4v) is 2.38. The number of aryl methyl sites for hydroxylation is 1. The molecule has 2 unspecified atom stereocenters. The van der Waals surface area contributed by atoms with Crippen LogP contribution in [0.2, 0.25) is 0 Å². The third-order valence-electron chi connectivity index (χ3n) is 3.86. The second kappa shape index (κ2) is 8.41. The smallest absolute Gasteiger partial charge is 0.269 e. The minimum absolute atomic E-state index is 0.117. The molecule has 0 radical (unpaired) electrons. The van der Waals surface area contributed by atoms with Crippen molar-refractivity contribution in [3.63, 3.8) is 0 Å². The van der Waals surface area contributed by atoms with Gasteiger partial charge in [-0.15, -0.1) is 0 Å². The summed E-state index contributed by atoms with van der Waals surface area (Å²) >= 11 is 0. The standard InChI is InChI=1S/C18H22N2O3/c1-14(19-13-18(21)16-5-3-2-4-6-16)7-8-15-9-11-17(12-10-15)20(22)23/h2-6,9-12,14,18-19,21H,7-8,13H2,1H3. The van der Waals surface area contributed by atoms with E-state index in [0.29, 0.717) is 6.54 Å². The first-order valence-corrected chi connectivity index (χ1v) is 7.76. The lowest BCUT2D eigenvalue weighted by atomic mass is 10.0. The van der Waals surface area contributed by atoms with E-state index in [4.69, 9.17) is 0 Å². The molecule has 0 aliphatic carbocycles. The Morgan fingerprint density at radius 3 is 2.39 bits per heavy atom. The predicted molar refractivity (Wildman–Crippen MR) is 90.3 cm³/mol. The summed E-state index contributed by atoms with van der Waals surface area (Å²) in [6, 6.07) is 16.5. The molecule has 2 aromatic rings. The number of aliphatic hydroxyl groups is 1. The number of nitro benzene ring substituents is 1. The highest BCUT2D eigenvalue weighted by atomic mass is 16.6. The minimum atomic E-state index is -0.516. The van der Waals surface area contributed by atoms with Crippen LogP contribution in [0.15, 0.2) is 54.6 Å². The molecule has 0 aromatic heterocycles. The van der Waals surface area contributed by atoms with Gasteiger partial charge in [0.25, 0.3) is 5.69 Å².